The van der Waals surface area contributed by atoms with Gasteiger partial charge in [-0.1, -0.05) is 0 Å². The molecular formula is C10H23N3. The first-order chi connectivity index (χ1) is 5.99. The minimum Gasteiger partial charge on any atom is -0.324 e. The minimum atomic E-state index is 0.0462. The molecule has 0 bridgehead atoms. The Balaban J connectivity index is 2.26. The lowest BCUT2D eigenvalue weighted by atomic mass is 9.92. The Kier molecular flexibility index (Phi) is 3.71. The predicted molar refractivity (Wildman–Crippen MR) is 56.8 cm³/mol. The zero-order chi connectivity index (χ0) is 9.90. The molecule has 13 heavy (non-hydrogen) atoms. The Morgan fingerprint density at radius 2 is 2.15 bits per heavy atom. The quantitative estimate of drug-likeness (QED) is 0.689. The summed E-state index contributed by atoms with van der Waals surface area (Å²) in [6.45, 7) is 6.73. The topological polar surface area (TPSA) is 32.5 Å². The molecule has 0 aromatic heterocycles. The summed E-state index contributed by atoms with van der Waals surface area (Å²) in [7, 11) is 4.23. The van der Waals surface area contributed by atoms with Crippen molar-refractivity contribution >= 4 is 0 Å². The number of rotatable bonds is 3. The van der Waals surface area contributed by atoms with Crippen LogP contribution in [-0.2, 0) is 0 Å². The highest BCUT2D eigenvalue weighted by Crippen LogP contribution is 2.17. The third kappa shape index (κ3) is 4.07. The highest BCUT2D eigenvalue weighted by Gasteiger charge is 2.26. The van der Waals surface area contributed by atoms with E-state index in [4.69, 9.17) is 5.73 Å². The zero-order valence-corrected chi connectivity index (χ0v) is 9.21. The van der Waals surface area contributed by atoms with E-state index in [2.05, 4.69) is 30.8 Å². The smallest absolute Gasteiger partial charge is 0.0255 e. The summed E-state index contributed by atoms with van der Waals surface area (Å²) < 4.78 is 0. The van der Waals surface area contributed by atoms with Crippen LogP contribution in [0, 0.1) is 0 Å². The van der Waals surface area contributed by atoms with Gasteiger partial charge >= 0.3 is 0 Å². The normalized spacial score (nSPS) is 31.2. The molecule has 1 atom stereocenters. The van der Waals surface area contributed by atoms with Crippen molar-refractivity contribution in [1.82, 2.24) is 9.80 Å². The van der Waals surface area contributed by atoms with Gasteiger partial charge in [-0.2, -0.15) is 0 Å². The second kappa shape index (κ2) is 4.40. The van der Waals surface area contributed by atoms with Crippen molar-refractivity contribution < 1.29 is 0 Å². The monoisotopic (exact) mass is 185 g/mol. The van der Waals surface area contributed by atoms with E-state index in [0.29, 0.717) is 0 Å². The highest BCUT2D eigenvalue weighted by molar-refractivity contribution is 4.87. The largest absolute Gasteiger partial charge is 0.324 e. The van der Waals surface area contributed by atoms with Gasteiger partial charge < -0.3 is 15.5 Å². The molecule has 0 aromatic carbocycles. The molecule has 3 nitrogen and oxygen atoms in total. The Morgan fingerprint density at radius 1 is 1.46 bits per heavy atom. The molecule has 0 aliphatic carbocycles. The second-order valence-electron chi connectivity index (χ2n) is 4.84. The first kappa shape index (κ1) is 11.0. The molecule has 2 N–H and O–H groups in total. The molecule has 1 aliphatic rings. The average molecular weight is 185 g/mol. The lowest BCUT2D eigenvalue weighted by molar-refractivity contribution is 0.149. The van der Waals surface area contributed by atoms with E-state index in [9.17, 15) is 0 Å². The van der Waals surface area contributed by atoms with E-state index in [1.807, 2.05) is 0 Å². The molecule has 0 aromatic rings. The summed E-state index contributed by atoms with van der Waals surface area (Å²) in [6, 6.07) is 0. The van der Waals surface area contributed by atoms with Crippen LogP contribution in [-0.4, -0.2) is 55.6 Å². The first-order valence-electron chi connectivity index (χ1n) is 5.16. The van der Waals surface area contributed by atoms with Gasteiger partial charge in [0.15, 0.2) is 0 Å². The van der Waals surface area contributed by atoms with Crippen LogP contribution in [0.25, 0.3) is 0 Å². The predicted octanol–water partition coefficient (Wildman–Crippen LogP) is 0.361. The maximum absolute atomic E-state index is 6.12. The summed E-state index contributed by atoms with van der Waals surface area (Å²) in [6.07, 6.45) is 2.42. The molecule has 1 fully saturated rings. The standard InChI is InChI=1S/C10H23N3/c1-10(11)5-4-6-13(9-10)8-7-12(2)3/h4-9,11H2,1-3H3. The summed E-state index contributed by atoms with van der Waals surface area (Å²) in [5, 5.41) is 0. The van der Waals surface area contributed by atoms with Crippen molar-refractivity contribution in [2.45, 2.75) is 25.3 Å². The molecule has 78 valence electrons. The average Bonchev–Trinajstić information content (AvgIpc) is 1.99. The molecule has 1 unspecified atom stereocenters. The molecule has 1 aliphatic heterocycles. The van der Waals surface area contributed by atoms with Crippen molar-refractivity contribution in [3.05, 3.63) is 0 Å². The van der Waals surface area contributed by atoms with Gasteiger partial charge in [0.2, 0.25) is 0 Å². The molecule has 1 saturated heterocycles. The van der Waals surface area contributed by atoms with Gasteiger partial charge in [-0.05, 0) is 40.4 Å². The van der Waals surface area contributed by atoms with E-state index in [1.54, 1.807) is 0 Å². The zero-order valence-electron chi connectivity index (χ0n) is 9.21. The molecule has 1 heterocycles. The minimum absolute atomic E-state index is 0.0462. The van der Waals surface area contributed by atoms with Gasteiger partial charge in [0.1, 0.15) is 0 Å². The Hall–Kier alpha value is -0.120. The van der Waals surface area contributed by atoms with Crippen molar-refractivity contribution in [2.75, 3.05) is 40.3 Å². The SMILES string of the molecule is CN(C)CCN1CCCC(C)(N)C1. The lowest BCUT2D eigenvalue weighted by Crippen LogP contribution is -2.53. The van der Waals surface area contributed by atoms with Crippen LogP contribution in [0.3, 0.4) is 0 Å². The summed E-state index contributed by atoms with van der Waals surface area (Å²) in [5.74, 6) is 0. The summed E-state index contributed by atoms with van der Waals surface area (Å²) in [5.41, 5.74) is 6.17. The number of hydrogen-bond donors (Lipinski definition) is 1. The van der Waals surface area contributed by atoms with Gasteiger partial charge in [-0.3, -0.25) is 0 Å². The van der Waals surface area contributed by atoms with Gasteiger partial charge in [0.05, 0.1) is 0 Å². The van der Waals surface area contributed by atoms with Gasteiger partial charge in [0, 0.05) is 25.2 Å². The Labute approximate surface area is 81.9 Å². The molecule has 0 spiro atoms. The molecule has 0 radical (unpaired) electrons. The molecule has 0 amide bonds. The summed E-state index contributed by atoms with van der Waals surface area (Å²) >= 11 is 0. The van der Waals surface area contributed by atoms with E-state index < -0.39 is 0 Å². The number of likely N-dealkylation sites (N-methyl/N-ethyl adjacent to an activating group) is 1. The van der Waals surface area contributed by atoms with Crippen LogP contribution in [0.1, 0.15) is 19.8 Å². The molecule has 0 saturated carbocycles. The third-order valence-corrected chi connectivity index (χ3v) is 2.67. The second-order valence-corrected chi connectivity index (χ2v) is 4.84. The highest BCUT2D eigenvalue weighted by atomic mass is 15.2. The van der Waals surface area contributed by atoms with Crippen molar-refractivity contribution in [1.29, 1.82) is 0 Å². The number of piperidine rings is 1. The van der Waals surface area contributed by atoms with Crippen molar-refractivity contribution in [2.24, 2.45) is 5.73 Å². The lowest BCUT2D eigenvalue weighted by Gasteiger charge is -2.38. The Bertz CT molecular complexity index is 154. The van der Waals surface area contributed by atoms with Crippen LogP contribution >= 0.6 is 0 Å². The number of nitrogens with zero attached hydrogens (tertiary/aromatic N) is 2. The summed E-state index contributed by atoms with van der Waals surface area (Å²) in [4.78, 5) is 4.70. The van der Waals surface area contributed by atoms with Crippen molar-refractivity contribution in [3.8, 4) is 0 Å². The van der Waals surface area contributed by atoms with E-state index in [1.165, 1.54) is 19.4 Å². The van der Waals surface area contributed by atoms with Crippen LogP contribution < -0.4 is 5.73 Å². The van der Waals surface area contributed by atoms with Gasteiger partial charge in [-0.25, -0.2) is 0 Å². The van der Waals surface area contributed by atoms with E-state index in [-0.39, 0.29) is 5.54 Å². The van der Waals surface area contributed by atoms with Crippen LogP contribution in [0.5, 0.6) is 0 Å². The van der Waals surface area contributed by atoms with Crippen LogP contribution in [0.4, 0.5) is 0 Å². The van der Waals surface area contributed by atoms with E-state index in [0.717, 1.165) is 19.6 Å². The van der Waals surface area contributed by atoms with Gasteiger partial charge in [0.25, 0.3) is 0 Å². The Morgan fingerprint density at radius 3 is 2.69 bits per heavy atom. The number of nitrogens with two attached hydrogens (primary N) is 1. The van der Waals surface area contributed by atoms with Crippen molar-refractivity contribution in [3.63, 3.8) is 0 Å². The fraction of sp³-hybridized carbons (Fsp3) is 1.00. The van der Waals surface area contributed by atoms with E-state index >= 15 is 0 Å². The van der Waals surface area contributed by atoms with Crippen LogP contribution in [0.2, 0.25) is 0 Å². The number of likely N-dealkylation sites (tertiary alicyclic amines) is 1. The maximum atomic E-state index is 6.12. The fourth-order valence-electron chi connectivity index (χ4n) is 1.91. The molecule has 3 heteroatoms. The van der Waals surface area contributed by atoms with Crippen LogP contribution in [0.15, 0.2) is 0 Å². The third-order valence-electron chi connectivity index (χ3n) is 2.67. The number of hydrogen-bond acceptors (Lipinski definition) is 3. The fourth-order valence-corrected chi connectivity index (χ4v) is 1.91. The first-order valence-corrected chi connectivity index (χ1v) is 5.16. The maximum Gasteiger partial charge on any atom is 0.0255 e. The van der Waals surface area contributed by atoms with Gasteiger partial charge in [-0.15, -0.1) is 0 Å². The molecule has 1 rings (SSSR count). The molecular weight excluding hydrogens is 162 g/mol.